The SMILES string of the molecule is COC(=O)C1=C(C)N=c2s/c(=C\c3ccc(-c4ccc(F)cc4)o3)c(=O)n2C1c1ccccc1. The Bertz CT molecular complexity index is 1590. The van der Waals surface area contributed by atoms with Crippen molar-refractivity contribution in [2.45, 2.75) is 13.0 Å². The first-order valence-electron chi connectivity index (χ1n) is 10.5. The molecule has 3 heterocycles. The molecule has 34 heavy (non-hydrogen) atoms. The smallest absolute Gasteiger partial charge is 0.338 e. The van der Waals surface area contributed by atoms with Crippen molar-refractivity contribution in [2.75, 3.05) is 7.11 Å². The number of aromatic nitrogens is 1. The lowest BCUT2D eigenvalue weighted by molar-refractivity contribution is -0.136. The third-order valence-corrected chi connectivity index (χ3v) is 6.55. The van der Waals surface area contributed by atoms with E-state index in [9.17, 15) is 14.0 Å². The van der Waals surface area contributed by atoms with E-state index in [1.807, 2.05) is 30.3 Å². The fourth-order valence-electron chi connectivity index (χ4n) is 3.97. The van der Waals surface area contributed by atoms with Crippen molar-refractivity contribution in [2.24, 2.45) is 4.99 Å². The van der Waals surface area contributed by atoms with E-state index >= 15 is 0 Å². The number of allylic oxidation sites excluding steroid dienone is 1. The number of methoxy groups -OCH3 is 1. The molecule has 2 aromatic heterocycles. The number of fused-ring (bicyclic) bond motifs is 1. The van der Waals surface area contributed by atoms with Crippen molar-refractivity contribution in [3.63, 3.8) is 0 Å². The summed E-state index contributed by atoms with van der Waals surface area (Å²) >= 11 is 1.22. The first-order valence-corrected chi connectivity index (χ1v) is 11.3. The van der Waals surface area contributed by atoms with E-state index in [0.717, 1.165) is 11.1 Å². The van der Waals surface area contributed by atoms with E-state index in [0.29, 0.717) is 32.1 Å². The molecule has 2 aromatic carbocycles. The van der Waals surface area contributed by atoms with E-state index < -0.39 is 12.0 Å². The highest BCUT2D eigenvalue weighted by Gasteiger charge is 2.32. The lowest BCUT2D eigenvalue weighted by atomic mass is 9.96. The van der Waals surface area contributed by atoms with Crippen molar-refractivity contribution in [3.05, 3.63) is 115 Å². The van der Waals surface area contributed by atoms with Gasteiger partial charge in [0.2, 0.25) is 0 Å². The van der Waals surface area contributed by atoms with Crippen LogP contribution in [0.5, 0.6) is 0 Å². The zero-order valence-electron chi connectivity index (χ0n) is 18.3. The van der Waals surface area contributed by atoms with Crippen LogP contribution in [0.1, 0.15) is 24.3 Å². The fourth-order valence-corrected chi connectivity index (χ4v) is 5.00. The highest BCUT2D eigenvalue weighted by molar-refractivity contribution is 7.07. The van der Waals surface area contributed by atoms with Crippen LogP contribution in [0.25, 0.3) is 17.4 Å². The summed E-state index contributed by atoms with van der Waals surface area (Å²) in [6.45, 7) is 1.74. The number of rotatable bonds is 4. The quantitative estimate of drug-likeness (QED) is 0.422. The monoisotopic (exact) mass is 474 g/mol. The first kappa shape index (κ1) is 21.8. The van der Waals surface area contributed by atoms with Gasteiger partial charge in [0, 0.05) is 11.6 Å². The molecule has 5 rings (SSSR count). The average molecular weight is 475 g/mol. The van der Waals surface area contributed by atoms with Gasteiger partial charge in [-0.25, -0.2) is 14.2 Å². The molecule has 6 nitrogen and oxygen atoms in total. The van der Waals surface area contributed by atoms with Gasteiger partial charge in [0.1, 0.15) is 17.3 Å². The van der Waals surface area contributed by atoms with Gasteiger partial charge in [-0.3, -0.25) is 9.36 Å². The highest BCUT2D eigenvalue weighted by Crippen LogP contribution is 2.30. The number of esters is 1. The van der Waals surface area contributed by atoms with Crippen molar-refractivity contribution >= 4 is 23.4 Å². The molecule has 0 saturated carbocycles. The van der Waals surface area contributed by atoms with Crippen molar-refractivity contribution in [3.8, 4) is 11.3 Å². The number of carbonyl (C=O) groups is 1. The molecule has 1 unspecified atom stereocenters. The van der Waals surface area contributed by atoms with Gasteiger partial charge in [-0.05, 0) is 48.9 Å². The van der Waals surface area contributed by atoms with Crippen molar-refractivity contribution in [1.82, 2.24) is 4.57 Å². The summed E-state index contributed by atoms with van der Waals surface area (Å²) in [4.78, 5) is 31.2. The Balaban J connectivity index is 1.63. The lowest BCUT2D eigenvalue weighted by Gasteiger charge is -2.24. The Morgan fingerprint density at radius 1 is 1.12 bits per heavy atom. The molecule has 1 aliphatic heterocycles. The Hall–Kier alpha value is -4.04. The number of carbonyl (C=O) groups excluding carboxylic acids is 1. The van der Waals surface area contributed by atoms with Gasteiger partial charge in [0.15, 0.2) is 4.80 Å². The molecule has 1 atom stereocenters. The summed E-state index contributed by atoms with van der Waals surface area (Å²) in [6.07, 6.45) is 1.65. The zero-order valence-corrected chi connectivity index (χ0v) is 19.1. The molecule has 4 aromatic rings. The normalized spacial score (nSPS) is 15.7. The van der Waals surface area contributed by atoms with Crippen LogP contribution in [0.3, 0.4) is 0 Å². The van der Waals surface area contributed by atoms with Gasteiger partial charge in [0.05, 0.1) is 29.0 Å². The number of benzene rings is 2. The fraction of sp³-hybridized carbons (Fsp3) is 0.115. The highest BCUT2D eigenvalue weighted by atomic mass is 32.1. The Morgan fingerprint density at radius 3 is 2.56 bits per heavy atom. The van der Waals surface area contributed by atoms with Crippen LogP contribution in [0, 0.1) is 5.82 Å². The molecule has 0 fully saturated rings. The third kappa shape index (κ3) is 3.82. The molecule has 8 heteroatoms. The number of furan rings is 1. The predicted octanol–water partition coefficient (Wildman–Crippen LogP) is 3.81. The van der Waals surface area contributed by atoms with Gasteiger partial charge >= 0.3 is 5.97 Å². The summed E-state index contributed by atoms with van der Waals surface area (Å²) in [7, 11) is 1.31. The minimum Gasteiger partial charge on any atom is -0.466 e. The molecular weight excluding hydrogens is 455 g/mol. The average Bonchev–Trinajstić information content (AvgIpc) is 3.43. The van der Waals surface area contributed by atoms with Gasteiger partial charge < -0.3 is 9.15 Å². The summed E-state index contributed by atoms with van der Waals surface area (Å²) in [5, 5.41) is 0. The summed E-state index contributed by atoms with van der Waals surface area (Å²) in [5.41, 5.74) is 2.05. The second kappa shape index (κ2) is 8.72. The molecule has 0 N–H and O–H groups in total. The molecule has 0 bridgehead atoms. The Labute approximate surface area is 197 Å². The summed E-state index contributed by atoms with van der Waals surface area (Å²) in [6, 6.07) is 18.2. The van der Waals surface area contributed by atoms with Gasteiger partial charge in [0.25, 0.3) is 5.56 Å². The van der Waals surface area contributed by atoms with Crippen LogP contribution >= 0.6 is 11.3 Å². The molecule has 0 saturated heterocycles. The van der Waals surface area contributed by atoms with E-state index in [2.05, 4.69) is 4.99 Å². The molecule has 0 spiro atoms. The number of ether oxygens (including phenoxy) is 1. The van der Waals surface area contributed by atoms with Crippen LogP contribution in [0.15, 0.2) is 92.2 Å². The third-order valence-electron chi connectivity index (χ3n) is 5.57. The summed E-state index contributed by atoms with van der Waals surface area (Å²) < 4.78 is 26.0. The second-order valence-electron chi connectivity index (χ2n) is 7.69. The lowest BCUT2D eigenvalue weighted by Crippen LogP contribution is -2.39. The number of nitrogens with zero attached hydrogens (tertiary/aromatic N) is 2. The maximum Gasteiger partial charge on any atom is 0.338 e. The maximum atomic E-state index is 13.5. The predicted molar refractivity (Wildman–Crippen MR) is 126 cm³/mol. The number of thiazole rings is 1. The van der Waals surface area contributed by atoms with Crippen molar-refractivity contribution in [1.29, 1.82) is 0 Å². The molecule has 170 valence electrons. The largest absolute Gasteiger partial charge is 0.466 e. The standard InChI is InChI=1S/C26H19FN2O4S/c1-15-22(25(31)32-2)23(17-6-4-3-5-7-17)29-24(30)21(34-26(29)28-15)14-19-12-13-20(33-19)16-8-10-18(27)11-9-16/h3-14,23H,1-2H3/b21-14-. The van der Waals surface area contributed by atoms with E-state index in [1.54, 1.807) is 37.3 Å². The number of hydrogen-bond donors (Lipinski definition) is 0. The van der Waals surface area contributed by atoms with Crippen LogP contribution in [-0.2, 0) is 9.53 Å². The van der Waals surface area contributed by atoms with E-state index in [-0.39, 0.29) is 11.4 Å². The van der Waals surface area contributed by atoms with Gasteiger partial charge in [-0.2, -0.15) is 0 Å². The van der Waals surface area contributed by atoms with Crippen LogP contribution in [-0.4, -0.2) is 17.6 Å². The number of hydrogen-bond acceptors (Lipinski definition) is 6. The molecule has 1 aliphatic rings. The number of halogens is 1. The molecular formula is C26H19FN2O4S. The van der Waals surface area contributed by atoms with Crippen LogP contribution < -0.4 is 14.9 Å². The van der Waals surface area contributed by atoms with Gasteiger partial charge in [-0.15, -0.1) is 0 Å². The topological polar surface area (TPSA) is 73.8 Å². The van der Waals surface area contributed by atoms with Gasteiger partial charge in [-0.1, -0.05) is 41.7 Å². The Kier molecular flexibility index (Phi) is 5.59. The second-order valence-corrected chi connectivity index (χ2v) is 8.70. The van der Waals surface area contributed by atoms with Crippen molar-refractivity contribution < 1.29 is 18.3 Å². The maximum absolute atomic E-state index is 13.5. The zero-order chi connectivity index (χ0) is 23.8. The molecule has 0 radical (unpaired) electrons. The van der Waals surface area contributed by atoms with E-state index in [1.165, 1.54) is 35.1 Å². The van der Waals surface area contributed by atoms with Crippen LogP contribution in [0.2, 0.25) is 0 Å². The Morgan fingerprint density at radius 2 is 1.85 bits per heavy atom. The minimum atomic E-state index is -0.654. The first-order chi connectivity index (χ1) is 16.5. The molecule has 0 amide bonds. The van der Waals surface area contributed by atoms with Crippen LogP contribution in [0.4, 0.5) is 4.39 Å². The molecule has 0 aliphatic carbocycles. The summed E-state index contributed by atoms with van der Waals surface area (Å²) in [5.74, 6) is 0.181. The van der Waals surface area contributed by atoms with E-state index in [4.69, 9.17) is 9.15 Å². The minimum absolute atomic E-state index is 0.286.